The molecule has 0 spiro atoms. The third-order valence-electron chi connectivity index (χ3n) is 2.67. The minimum atomic E-state index is 0.0341. The van der Waals surface area contributed by atoms with Crippen molar-refractivity contribution in [1.29, 1.82) is 0 Å². The highest BCUT2D eigenvalue weighted by Crippen LogP contribution is 2.09. The van der Waals surface area contributed by atoms with Gasteiger partial charge in [-0.05, 0) is 30.5 Å². The van der Waals surface area contributed by atoms with E-state index in [2.05, 4.69) is 18.8 Å². The quantitative estimate of drug-likeness (QED) is 0.789. The Hall–Kier alpha value is -1.64. The van der Waals surface area contributed by atoms with Crippen LogP contribution in [0.25, 0.3) is 11.0 Å². The molecule has 0 saturated heterocycles. The van der Waals surface area contributed by atoms with Crippen LogP contribution in [0.5, 0.6) is 0 Å². The molecule has 16 heavy (non-hydrogen) atoms. The van der Waals surface area contributed by atoms with Crippen LogP contribution in [0.4, 0.5) is 0 Å². The van der Waals surface area contributed by atoms with E-state index in [1.807, 2.05) is 18.2 Å². The Bertz CT molecular complexity index is 543. The minimum absolute atomic E-state index is 0.0341. The summed E-state index contributed by atoms with van der Waals surface area (Å²) in [5, 5.41) is 1.02. The van der Waals surface area contributed by atoms with E-state index in [1.165, 1.54) is 0 Å². The Kier molecular flexibility index (Phi) is 3.04. The van der Waals surface area contributed by atoms with Gasteiger partial charge in [-0.2, -0.15) is 0 Å². The molecule has 2 rings (SSSR count). The fraction of sp³-hybridized carbons (Fsp3) is 0.385. The summed E-state index contributed by atoms with van der Waals surface area (Å²) in [5.41, 5.74) is 0.822. The average molecular weight is 216 g/mol. The maximum atomic E-state index is 11.8. The molecule has 2 aromatic heterocycles. The normalized spacial score (nSPS) is 11.2. The molecule has 0 aromatic carbocycles. The number of fused-ring (bicyclic) bond motifs is 1. The predicted octanol–water partition coefficient (Wildman–Crippen LogP) is 2.44. The van der Waals surface area contributed by atoms with E-state index in [0.717, 1.165) is 24.0 Å². The lowest BCUT2D eigenvalue weighted by Crippen LogP contribution is -2.20. The minimum Gasteiger partial charge on any atom is -0.293 e. The summed E-state index contributed by atoms with van der Waals surface area (Å²) in [5.74, 6) is 0.589. The van der Waals surface area contributed by atoms with Gasteiger partial charge in [0.15, 0.2) is 0 Å². The van der Waals surface area contributed by atoms with E-state index in [1.54, 1.807) is 16.8 Å². The molecule has 0 atom stereocenters. The van der Waals surface area contributed by atoms with Crippen molar-refractivity contribution in [1.82, 2.24) is 9.55 Å². The molecule has 3 nitrogen and oxygen atoms in total. The third-order valence-corrected chi connectivity index (χ3v) is 2.67. The second kappa shape index (κ2) is 4.47. The van der Waals surface area contributed by atoms with Crippen molar-refractivity contribution >= 4 is 11.0 Å². The van der Waals surface area contributed by atoms with Gasteiger partial charge in [-0.1, -0.05) is 13.8 Å². The number of aryl methyl sites for hydroxylation is 1. The number of nitrogens with zero attached hydrogens (tertiary/aromatic N) is 2. The van der Waals surface area contributed by atoms with Crippen LogP contribution in [0, 0.1) is 5.92 Å². The molecule has 0 radical (unpaired) electrons. The molecule has 0 aliphatic heterocycles. The van der Waals surface area contributed by atoms with E-state index in [4.69, 9.17) is 0 Å². The lowest BCUT2D eigenvalue weighted by molar-refractivity contribution is 0.515. The molecule has 0 N–H and O–H groups in total. The van der Waals surface area contributed by atoms with Crippen LogP contribution in [0.3, 0.4) is 0 Å². The zero-order valence-corrected chi connectivity index (χ0v) is 9.68. The smallest absolute Gasteiger partial charge is 0.252 e. The molecule has 0 fully saturated rings. The van der Waals surface area contributed by atoms with E-state index in [9.17, 15) is 4.79 Å². The Morgan fingerprint density at radius 3 is 2.88 bits per heavy atom. The van der Waals surface area contributed by atoms with Gasteiger partial charge in [0.2, 0.25) is 0 Å². The zero-order valence-electron chi connectivity index (χ0n) is 9.68. The molecule has 0 unspecified atom stereocenters. The third kappa shape index (κ3) is 2.13. The summed E-state index contributed by atoms with van der Waals surface area (Å²) in [6.45, 7) is 5.05. The largest absolute Gasteiger partial charge is 0.293 e. The standard InChI is InChI=1S/C13H16N2O/c1-10(2)7-9-15-12(16)6-5-11-4-3-8-14-13(11)15/h3-6,8,10H,7,9H2,1-2H3. The fourth-order valence-corrected chi connectivity index (χ4v) is 1.72. The van der Waals surface area contributed by atoms with Crippen LogP contribution in [0.2, 0.25) is 0 Å². The molecule has 3 heteroatoms. The van der Waals surface area contributed by atoms with Crippen molar-refractivity contribution in [3.63, 3.8) is 0 Å². The molecule has 2 aromatic rings. The van der Waals surface area contributed by atoms with Crippen molar-refractivity contribution < 1.29 is 0 Å². The number of rotatable bonds is 3. The van der Waals surface area contributed by atoms with Gasteiger partial charge in [0.25, 0.3) is 5.56 Å². The summed E-state index contributed by atoms with van der Waals surface area (Å²) in [4.78, 5) is 16.1. The van der Waals surface area contributed by atoms with Gasteiger partial charge in [-0.3, -0.25) is 9.36 Å². The van der Waals surface area contributed by atoms with Gasteiger partial charge in [-0.25, -0.2) is 4.98 Å². The monoisotopic (exact) mass is 216 g/mol. The van der Waals surface area contributed by atoms with Gasteiger partial charge in [0.1, 0.15) is 5.65 Å². The zero-order chi connectivity index (χ0) is 11.5. The van der Waals surface area contributed by atoms with Crippen molar-refractivity contribution in [3.8, 4) is 0 Å². The average Bonchev–Trinajstić information content (AvgIpc) is 2.27. The lowest BCUT2D eigenvalue weighted by Gasteiger charge is -2.10. The van der Waals surface area contributed by atoms with Crippen LogP contribution in [0.1, 0.15) is 20.3 Å². The molecule has 0 saturated carbocycles. The number of hydrogen-bond donors (Lipinski definition) is 0. The molecule has 84 valence electrons. The Balaban J connectivity index is 2.49. The van der Waals surface area contributed by atoms with Crippen molar-refractivity contribution in [2.45, 2.75) is 26.8 Å². The molecule has 0 bridgehead atoms. The molecule has 2 heterocycles. The highest BCUT2D eigenvalue weighted by Gasteiger charge is 2.04. The lowest BCUT2D eigenvalue weighted by atomic mass is 10.1. The SMILES string of the molecule is CC(C)CCn1c(=O)ccc2cccnc21. The molecule has 0 aliphatic carbocycles. The van der Waals surface area contributed by atoms with Crippen LogP contribution in [-0.2, 0) is 6.54 Å². The van der Waals surface area contributed by atoms with Crippen molar-refractivity contribution in [3.05, 3.63) is 40.8 Å². The van der Waals surface area contributed by atoms with Crippen LogP contribution in [0.15, 0.2) is 35.3 Å². The number of aromatic nitrogens is 2. The highest BCUT2D eigenvalue weighted by atomic mass is 16.1. The first kappa shape index (κ1) is 10.9. The Labute approximate surface area is 94.7 Å². The predicted molar refractivity (Wildman–Crippen MR) is 65.5 cm³/mol. The van der Waals surface area contributed by atoms with E-state index >= 15 is 0 Å². The molecular weight excluding hydrogens is 200 g/mol. The fourth-order valence-electron chi connectivity index (χ4n) is 1.72. The Morgan fingerprint density at radius 2 is 2.12 bits per heavy atom. The van der Waals surface area contributed by atoms with Gasteiger partial charge in [0.05, 0.1) is 0 Å². The van der Waals surface area contributed by atoms with Crippen LogP contribution >= 0.6 is 0 Å². The van der Waals surface area contributed by atoms with Crippen LogP contribution < -0.4 is 5.56 Å². The molecular formula is C13H16N2O. The molecule has 0 aliphatic rings. The first-order valence-corrected chi connectivity index (χ1v) is 5.63. The van der Waals surface area contributed by atoms with Gasteiger partial charge in [0, 0.05) is 24.2 Å². The van der Waals surface area contributed by atoms with Crippen LogP contribution in [-0.4, -0.2) is 9.55 Å². The highest BCUT2D eigenvalue weighted by molar-refractivity contribution is 5.74. The van der Waals surface area contributed by atoms with Gasteiger partial charge >= 0.3 is 0 Å². The van der Waals surface area contributed by atoms with Crippen molar-refractivity contribution in [2.24, 2.45) is 5.92 Å². The van der Waals surface area contributed by atoms with Gasteiger partial charge < -0.3 is 0 Å². The van der Waals surface area contributed by atoms with Crippen molar-refractivity contribution in [2.75, 3.05) is 0 Å². The number of hydrogen-bond acceptors (Lipinski definition) is 2. The molecule has 0 amide bonds. The summed E-state index contributed by atoms with van der Waals surface area (Å²) in [6.07, 6.45) is 2.73. The van der Waals surface area contributed by atoms with E-state index < -0.39 is 0 Å². The summed E-state index contributed by atoms with van der Waals surface area (Å²) >= 11 is 0. The van der Waals surface area contributed by atoms with E-state index in [-0.39, 0.29) is 5.56 Å². The maximum absolute atomic E-state index is 11.8. The van der Waals surface area contributed by atoms with Gasteiger partial charge in [-0.15, -0.1) is 0 Å². The second-order valence-electron chi connectivity index (χ2n) is 4.42. The first-order chi connectivity index (χ1) is 7.68. The summed E-state index contributed by atoms with van der Waals surface area (Å²) in [6, 6.07) is 7.31. The maximum Gasteiger partial charge on any atom is 0.252 e. The summed E-state index contributed by atoms with van der Waals surface area (Å²) in [7, 11) is 0. The first-order valence-electron chi connectivity index (χ1n) is 5.63. The summed E-state index contributed by atoms with van der Waals surface area (Å²) < 4.78 is 1.76. The Morgan fingerprint density at radius 1 is 1.31 bits per heavy atom. The topological polar surface area (TPSA) is 34.9 Å². The van der Waals surface area contributed by atoms with E-state index in [0.29, 0.717) is 5.92 Å². The second-order valence-corrected chi connectivity index (χ2v) is 4.42. The number of pyridine rings is 2.